The van der Waals surface area contributed by atoms with Gasteiger partial charge in [0.1, 0.15) is 22.8 Å². The van der Waals surface area contributed by atoms with E-state index in [0.29, 0.717) is 48.3 Å². The first-order chi connectivity index (χ1) is 16.1. The van der Waals surface area contributed by atoms with E-state index in [1.54, 1.807) is 23.6 Å². The zero-order valence-corrected chi connectivity index (χ0v) is 18.8. The summed E-state index contributed by atoms with van der Waals surface area (Å²) in [5.41, 5.74) is 2.09. The average molecular weight is 469 g/mol. The number of likely N-dealkylation sites (tertiary alicyclic amines) is 1. The van der Waals surface area contributed by atoms with Crippen LogP contribution in [0, 0.1) is 0 Å². The number of amides is 3. The fourth-order valence-electron chi connectivity index (χ4n) is 4.32. The zero-order valence-electron chi connectivity index (χ0n) is 18.0. The molecule has 5 rings (SSSR count). The van der Waals surface area contributed by atoms with Crippen LogP contribution in [0.5, 0.6) is 0 Å². The van der Waals surface area contributed by atoms with E-state index >= 15 is 0 Å². The van der Waals surface area contributed by atoms with Gasteiger partial charge in [-0.1, -0.05) is 0 Å². The van der Waals surface area contributed by atoms with E-state index in [9.17, 15) is 14.4 Å². The first-order valence-corrected chi connectivity index (χ1v) is 12.0. The minimum Gasteiger partial charge on any atom is -0.354 e. The van der Waals surface area contributed by atoms with Gasteiger partial charge in [0, 0.05) is 36.5 Å². The van der Waals surface area contributed by atoms with Gasteiger partial charge in [-0.2, -0.15) is 0 Å². The molecule has 0 bridgehead atoms. The zero-order chi connectivity index (χ0) is 22.8. The maximum atomic E-state index is 12.9. The van der Waals surface area contributed by atoms with Gasteiger partial charge in [0.15, 0.2) is 0 Å². The molecule has 3 aromatic rings. The van der Waals surface area contributed by atoms with Gasteiger partial charge >= 0.3 is 0 Å². The van der Waals surface area contributed by atoms with Gasteiger partial charge in [-0.25, -0.2) is 9.61 Å². The normalized spacial score (nSPS) is 19.8. The lowest BCUT2D eigenvalue weighted by molar-refractivity contribution is -0.122. The Bertz CT molecular complexity index is 1180. The molecule has 11 heteroatoms. The van der Waals surface area contributed by atoms with Crippen LogP contribution in [0.15, 0.2) is 28.2 Å². The number of nitrogens with one attached hydrogen (secondary N) is 2. The smallest absolute Gasteiger partial charge is 0.271 e. The molecule has 172 valence electrons. The van der Waals surface area contributed by atoms with Crippen molar-refractivity contribution in [1.82, 2.24) is 30.8 Å². The highest BCUT2D eigenvalue weighted by Gasteiger charge is 2.28. The molecule has 33 heavy (non-hydrogen) atoms. The van der Waals surface area contributed by atoms with Crippen LogP contribution in [0.4, 0.5) is 0 Å². The molecule has 4 heterocycles. The number of benzene rings is 1. The fraction of sp³-hybridized carbons (Fsp3) is 0.455. The minimum atomic E-state index is -0.508. The van der Waals surface area contributed by atoms with Gasteiger partial charge in [-0.3, -0.25) is 14.4 Å². The highest BCUT2D eigenvalue weighted by Crippen LogP contribution is 2.31. The highest BCUT2D eigenvalue weighted by molar-refractivity contribution is 7.09. The Balaban J connectivity index is 1.18. The first kappa shape index (κ1) is 21.5. The summed E-state index contributed by atoms with van der Waals surface area (Å²) < 4.78 is 4.70. The molecular weight excluding hydrogens is 444 g/mol. The molecule has 2 N–H and O–H groups in total. The maximum Gasteiger partial charge on any atom is 0.271 e. The molecule has 0 radical (unpaired) electrons. The third-order valence-electron chi connectivity index (χ3n) is 6.23. The number of thiazole rings is 1. The molecule has 1 unspecified atom stereocenters. The number of piperidine rings is 1. The van der Waals surface area contributed by atoms with Gasteiger partial charge in [-0.15, -0.1) is 11.3 Å². The Morgan fingerprint density at radius 1 is 1.12 bits per heavy atom. The van der Waals surface area contributed by atoms with Crippen LogP contribution in [-0.2, 0) is 4.79 Å². The summed E-state index contributed by atoms with van der Waals surface area (Å²) in [7, 11) is 0. The largest absolute Gasteiger partial charge is 0.354 e. The summed E-state index contributed by atoms with van der Waals surface area (Å²) in [6.45, 7) is 1.88. The quantitative estimate of drug-likeness (QED) is 0.600. The third kappa shape index (κ3) is 4.58. The predicted octanol–water partition coefficient (Wildman–Crippen LogP) is 2.10. The number of nitrogens with zero attached hydrogens (tertiary/aromatic N) is 4. The molecule has 3 amide bonds. The maximum absolute atomic E-state index is 12.9. The molecule has 2 fully saturated rings. The monoisotopic (exact) mass is 468 g/mol. The van der Waals surface area contributed by atoms with Crippen molar-refractivity contribution in [3.63, 3.8) is 0 Å². The van der Waals surface area contributed by atoms with E-state index in [-0.39, 0.29) is 23.6 Å². The third-order valence-corrected chi connectivity index (χ3v) is 7.23. The number of carbonyl (C=O) groups excluding carboxylic acids is 3. The lowest BCUT2D eigenvalue weighted by atomic mass is 9.97. The Hall–Kier alpha value is -3.34. The van der Waals surface area contributed by atoms with Crippen molar-refractivity contribution < 1.29 is 19.0 Å². The van der Waals surface area contributed by atoms with Crippen LogP contribution in [0.1, 0.15) is 63.9 Å². The molecule has 2 saturated heterocycles. The summed E-state index contributed by atoms with van der Waals surface area (Å²) in [4.78, 5) is 44.0. The molecule has 1 aromatic carbocycles. The number of rotatable bonds is 4. The summed E-state index contributed by atoms with van der Waals surface area (Å²) in [6, 6.07) is 4.65. The molecular formula is C22H24N6O4S. The number of hydrogen-bond acceptors (Lipinski definition) is 8. The SMILES string of the molecule is O=C(NC1CCCCNC1=O)c1csc(C2CCN(C(=O)c3ccc4nonc4c3)CC2)n1. The van der Waals surface area contributed by atoms with E-state index in [1.165, 1.54) is 11.3 Å². The standard InChI is InChI=1S/C22H24N6O4S/c29-19-16(3-1-2-8-23-19)24-20(30)18-12-33-21(25-18)13-6-9-28(10-7-13)22(31)14-4-5-15-17(11-14)27-32-26-15/h4-5,11-13,16H,1-3,6-10H2,(H,23,29)(H,24,30). The molecule has 10 nitrogen and oxygen atoms in total. The van der Waals surface area contributed by atoms with Crippen molar-refractivity contribution in [1.29, 1.82) is 0 Å². The van der Waals surface area contributed by atoms with Gasteiger partial charge in [-0.05, 0) is 60.6 Å². The molecule has 0 aliphatic carbocycles. The van der Waals surface area contributed by atoms with E-state index in [4.69, 9.17) is 4.63 Å². The molecule has 0 saturated carbocycles. The van der Waals surface area contributed by atoms with E-state index < -0.39 is 6.04 Å². The van der Waals surface area contributed by atoms with Gasteiger partial charge in [0.05, 0.1) is 5.01 Å². The molecule has 2 aromatic heterocycles. The van der Waals surface area contributed by atoms with Crippen LogP contribution in [-0.4, -0.2) is 63.6 Å². The van der Waals surface area contributed by atoms with Crippen LogP contribution >= 0.6 is 11.3 Å². The number of aromatic nitrogens is 3. The summed E-state index contributed by atoms with van der Waals surface area (Å²) >= 11 is 1.46. The number of fused-ring (bicyclic) bond motifs is 1. The average Bonchev–Trinajstić information content (AvgIpc) is 3.48. The molecule has 0 spiro atoms. The Labute approximate surface area is 193 Å². The van der Waals surface area contributed by atoms with Crippen molar-refractivity contribution in [2.75, 3.05) is 19.6 Å². The van der Waals surface area contributed by atoms with Crippen LogP contribution in [0.2, 0.25) is 0 Å². The van der Waals surface area contributed by atoms with Crippen LogP contribution < -0.4 is 10.6 Å². The second-order valence-corrected chi connectivity index (χ2v) is 9.31. The summed E-state index contributed by atoms with van der Waals surface area (Å²) in [5.74, 6) is -0.291. The van der Waals surface area contributed by atoms with Crippen molar-refractivity contribution in [3.05, 3.63) is 39.8 Å². The second-order valence-electron chi connectivity index (χ2n) is 8.42. The van der Waals surface area contributed by atoms with Crippen LogP contribution in [0.25, 0.3) is 11.0 Å². The van der Waals surface area contributed by atoms with Gasteiger partial charge < -0.3 is 15.5 Å². The van der Waals surface area contributed by atoms with Crippen molar-refractivity contribution in [2.45, 2.75) is 44.1 Å². The fourth-order valence-corrected chi connectivity index (χ4v) is 5.29. The minimum absolute atomic E-state index is 0.0424. The van der Waals surface area contributed by atoms with Crippen LogP contribution in [0.3, 0.4) is 0 Å². The van der Waals surface area contributed by atoms with Crippen molar-refractivity contribution in [2.24, 2.45) is 0 Å². The van der Waals surface area contributed by atoms with Gasteiger partial charge in [0.2, 0.25) is 5.91 Å². The van der Waals surface area contributed by atoms with E-state index in [2.05, 4.69) is 25.9 Å². The summed E-state index contributed by atoms with van der Waals surface area (Å²) in [6.07, 6.45) is 4.01. The topological polar surface area (TPSA) is 130 Å². The number of carbonyl (C=O) groups is 3. The van der Waals surface area contributed by atoms with E-state index in [0.717, 1.165) is 30.7 Å². The van der Waals surface area contributed by atoms with Crippen molar-refractivity contribution in [3.8, 4) is 0 Å². The molecule has 1 atom stereocenters. The highest BCUT2D eigenvalue weighted by atomic mass is 32.1. The van der Waals surface area contributed by atoms with E-state index in [1.807, 2.05) is 4.90 Å². The van der Waals surface area contributed by atoms with Crippen molar-refractivity contribution >= 4 is 40.1 Å². The Morgan fingerprint density at radius 3 is 2.79 bits per heavy atom. The molecule has 2 aliphatic rings. The lowest BCUT2D eigenvalue weighted by Crippen LogP contribution is -2.45. The lowest BCUT2D eigenvalue weighted by Gasteiger charge is -2.31. The summed E-state index contributed by atoms with van der Waals surface area (Å²) in [5, 5.41) is 15.9. The molecule has 2 aliphatic heterocycles. The second kappa shape index (κ2) is 9.26. The predicted molar refractivity (Wildman–Crippen MR) is 120 cm³/mol. The Kier molecular flexibility index (Phi) is 6.03. The first-order valence-electron chi connectivity index (χ1n) is 11.1. The van der Waals surface area contributed by atoms with Gasteiger partial charge in [0.25, 0.3) is 11.8 Å². The number of hydrogen-bond donors (Lipinski definition) is 2. The Morgan fingerprint density at radius 2 is 1.94 bits per heavy atom.